The Balaban J connectivity index is 2.13. The van der Waals surface area contributed by atoms with Gasteiger partial charge in [-0.3, -0.25) is 4.79 Å². The van der Waals surface area contributed by atoms with E-state index in [1.165, 1.54) is 12.8 Å². The predicted molar refractivity (Wildman–Crippen MR) is 41.0 cm³/mol. The van der Waals surface area contributed by atoms with Crippen LogP contribution in [0.2, 0.25) is 0 Å². The van der Waals surface area contributed by atoms with Crippen LogP contribution in [-0.2, 0) is 9.53 Å². The van der Waals surface area contributed by atoms with Crippen LogP contribution in [0.5, 0.6) is 0 Å². The third-order valence-corrected chi connectivity index (χ3v) is 3.03. The van der Waals surface area contributed by atoms with Gasteiger partial charge >= 0.3 is 5.97 Å². The maximum absolute atomic E-state index is 11.2. The van der Waals surface area contributed by atoms with Crippen molar-refractivity contribution in [3.8, 4) is 0 Å². The van der Waals surface area contributed by atoms with E-state index < -0.39 is 0 Å². The second-order valence-electron chi connectivity index (χ2n) is 3.58. The number of hydrogen-bond donors (Lipinski definition) is 0. The predicted octanol–water partition coefficient (Wildman–Crippen LogP) is 1.74. The van der Waals surface area contributed by atoms with Crippen molar-refractivity contribution >= 4 is 5.97 Å². The summed E-state index contributed by atoms with van der Waals surface area (Å²) in [5.74, 6) is 0.845. The largest absolute Gasteiger partial charge is 0.462 e. The van der Waals surface area contributed by atoms with Gasteiger partial charge in [0.15, 0.2) is 0 Å². The average molecular weight is 154 g/mol. The fourth-order valence-corrected chi connectivity index (χ4v) is 2.44. The van der Waals surface area contributed by atoms with E-state index in [0.717, 1.165) is 12.8 Å². The molecule has 1 aliphatic heterocycles. The summed E-state index contributed by atoms with van der Waals surface area (Å²) in [6.07, 6.45) is 4.80. The van der Waals surface area contributed by atoms with E-state index in [0.29, 0.717) is 5.92 Å². The summed E-state index contributed by atoms with van der Waals surface area (Å²) >= 11 is 0. The molecule has 1 saturated heterocycles. The Bertz CT molecular complexity index is 176. The van der Waals surface area contributed by atoms with Crippen LogP contribution in [0.25, 0.3) is 0 Å². The monoisotopic (exact) mass is 154 g/mol. The Morgan fingerprint density at radius 1 is 1.55 bits per heavy atom. The average Bonchev–Trinajstić information content (AvgIpc) is 2.46. The lowest BCUT2D eigenvalue weighted by Gasteiger charge is -2.09. The molecule has 2 aliphatic rings. The molecule has 0 aromatic carbocycles. The molecule has 0 radical (unpaired) electrons. The zero-order chi connectivity index (χ0) is 7.84. The van der Waals surface area contributed by atoms with Crippen molar-refractivity contribution in [3.05, 3.63) is 0 Å². The fourth-order valence-electron chi connectivity index (χ4n) is 2.44. The molecule has 0 amide bonds. The molecule has 11 heavy (non-hydrogen) atoms. The highest BCUT2D eigenvalue weighted by Gasteiger charge is 2.45. The number of esters is 1. The lowest BCUT2D eigenvalue weighted by atomic mass is 9.90. The molecule has 0 spiro atoms. The molecule has 2 fully saturated rings. The van der Waals surface area contributed by atoms with E-state index in [4.69, 9.17) is 4.74 Å². The minimum Gasteiger partial charge on any atom is -0.462 e. The van der Waals surface area contributed by atoms with E-state index in [9.17, 15) is 4.79 Å². The van der Waals surface area contributed by atoms with Crippen LogP contribution in [0, 0.1) is 11.8 Å². The van der Waals surface area contributed by atoms with Crippen molar-refractivity contribution in [2.24, 2.45) is 11.8 Å². The second kappa shape index (κ2) is 2.50. The summed E-state index contributed by atoms with van der Waals surface area (Å²) < 4.78 is 5.25. The Kier molecular flexibility index (Phi) is 1.63. The van der Waals surface area contributed by atoms with Crippen molar-refractivity contribution in [1.29, 1.82) is 0 Å². The first-order chi connectivity index (χ1) is 5.33. The number of carbonyl (C=O) groups excluding carboxylic acids is 1. The number of rotatable bonds is 1. The Morgan fingerprint density at radius 3 is 3.09 bits per heavy atom. The van der Waals surface area contributed by atoms with Crippen LogP contribution in [0.4, 0.5) is 0 Å². The molecule has 2 heteroatoms. The number of hydrogen-bond acceptors (Lipinski definition) is 2. The van der Waals surface area contributed by atoms with Crippen LogP contribution in [0.1, 0.15) is 32.6 Å². The van der Waals surface area contributed by atoms with E-state index in [-0.39, 0.29) is 18.0 Å². The first-order valence-corrected chi connectivity index (χ1v) is 4.53. The molecule has 2 rings (SSSR count). The first-order valence-electron chi connectivity index (χ1n) is 4.53. The highest BCUT2D eigenvalue weighted by molar-refractivity contribution is 5.75. The lowest BCUT2D eigenvalue weighted by molar-refractivity contribution is -0.144. The second-order valence-corrected chi connectivity index (χ2v) is 3.58. The Hall–Kier alpha value is -0.530. The van der Waals surface area contributed by atoms with Gasteiger partial charge in [-0.15, -0.1) is 0 Å². The molecule has 0 aromatic rings. The number of carbonyl (C=O) groups is 1. The SMILES string of the molecule is CC[C@H]1C(=O)O[C@@H]2CCC[C@H]21. The Morgan fingerprint density at radius 2 is 2.36 bits per heavy atom. The molecule has 1 heterocycles. The highest BCUT2D eigenvalue weighted by atomic mass is 16.6. The topological polar surface area (TPSA) is 26.3 Å². The minimum absolute atomic E-state index is 0.0576. The molecule has 3 atom stereocenters. The molecule has 0 bridgehead atoms. The normalized spacial score (nSPS) is 42.3. The van der Waals surface area contributed by atoms with Crippen molar-refractivity contribution in [2.75, 3.05) is 0 Å². The maximum Gasteiger partial charge on any atom is 0.309 e. The van der Waals surface area contributed by atoms with Crippen molar-refractivity contribution in [1.82, 2.24) is 0 Å². The van der Waals surface area contributed by atoms with Crippen molar-refractivity contribution in [2.45, 2.75) is 38.7 Å². The van der Waals surface area contributed by atoms with Crippen LogP contribution in [0.15, 0.2) is 0 Å². The summed E-state index contributed by atoms with van der Waals surface area (Å²) in [5.41, 5.74) is 0. The van der Waals surface area contributed by atoms with Gasteiger partial charge in [0.25, 0.3) is 0 Å². The third-order valence-electron chi connectivity index (χ3n) is 3.03. The minimum atomic E-state index is 0.0576. The number of ether oxygens (including phenoxy) is 1. The van der Waals surface area contributed by atoms with Gasteiger partial charge < -0.3 is 4.74 Å². The maximum atomic E-state index is 11.2. The van der Waals surface area contributed by atoms with Gasteiger partial charge in [0.2, 0.25) is 0 Å². The molecule has 0 aromatic heterocycles. The zero-order valence-electron chi connectivity index (χ0n) is 6.88. The summed E-state index contributed by atoms with van der Waals surface area (Å²) in [4.78, 5) is 11.2. The summed E-state index contributed by atoms with van der Waals surface area (Å²) in [6.45, 7) is 2.08. The molecule has 62 valence electrons. The number of fused-ring (bicyclic) bond motifs is 1. The molecule has 0 unspecified atom stereocenters. The molecule has 0 N–H and O–H groups in total. The van der Waals surface area contributed by atoms with Gasteiger partial charge in [0.1, 0.15) is 6.10 Å². The summed E-state index contributed by atoms with van der Waals surface area (Å²) in [5, 5.41) is 0. The standard InChI is InChI=1S/C9H14O2/c1-2-6-7-4-3-5-8(7)11-9(6)10/h6-8H,2-5H2,1H3/t6-,7+,8-/m1/s1. The van der Waals surface area contributed by atoms with E-state index >= 15 is 0 Å². The third kappa shape index (κ3) is 0.959. The van der Waals surface area contributed by atoms with Crippen LogP contribution in [-0.4, -0.2) is 12.1 Å². The smallest absolute Gasteiger partial charge is 0.309 e. The van der Waals surface area contributed by atoms with Crippen LogP contribution >= 0.6 is 0 Å². The summed E-state index contributed by atoms with van der Waals surface area (Å²) in [7, 11) is 0. The van der Waals surface area contributed by atoms with Gasteiger partial charge in [-0.2, -0.15) is 0 Å². The van der Waals surface area contributed by atoms with Gasteiger partial charge in [0, 0.05) is 5.92 Å². The van der Waals surface area contributed by atoms with Gasteiger partial charge in [-0.1, -0.05) is 6.92 Å². The highest BCUT2D eigenvalue weighted by Crippen LogP contribution is 2.41. The van der Waals surface area contributed by atoms with Crippen molar-refractivity contribution in [3.63, 3.8) is 0 Å². The van der Waals surface area contributed by atoms with E-state index in [2.05, 4.69) is 6.92 Å². The molecule has 2 nitrogen and oxygen atoms in total. The zero-order valence-corrected chi connectivity index (χ0v) is 6.88. The summed E-state index contributed by atoms with van der Waals surface area (Å²) in [6, 6.07) is 0. The van der Waals surface area contributed by atoms with Crippen molar-refractivity contribution < 1.29 is 9.53 Å². The van der Waals surface area contributed by atoms with Gasteiger partial charge in [0.05, 0.1) is 5.92 Å². The Labute approximate surface area is 66.9 Å². The first kappa shape index (κ1) is 7.14. The molecule has 1 aliphatic carbocycles. The fraction of sp³-hybridized carbons (Fsp3) is 0.889. The van der Waals surface area contributed by atoms with Crippen LogP contribution < -0.4 is 0 Å². The van der Waals surface area contributed by atoms with Gasteiger partial charge in [-0.25, -0.2) is 0 Å². The molecule has 1 saturated carbocycles. The lowest BCUT2D eigenvalue weighted by Crippen LogP contribution is -2.14. The van der Waals surface area contributed by atoms with Crippen LogP contribution in [0.3, 0.4) is 0 Å². The molecular weight excluding hydrogens is 140 g/mol. The van der Waals surface area contributed by atoms with Gasteiger partial charge in [-0.05, 0) is 25.7 Å². The quantitative estimate of drug-likeness (QED) is 0.538. The van der Waals surface area contributed by atoms with E-state index in [1.54, 1.807) is 0 Å². The van der Waals surface area contributed by atoms with E-state index in [1.807, 2.05) is 0 Å². The molecular formula is C9H14O2.